The third-order valence-electron chi connectivity index (χ3n) is 2.64. The highest BCUT2D eigenvalue weighted by Crippen LogP contribution is 2.29. The molecule has 1 unspecified atom stereocenters. The minimum absolute atomic E-state index is 0.807. The first-order chi connectivity index (χ1) is 9.76. The highest BCUT2D eigenvalue weighted by atomic mass is 19.1. The van der Waals surface area contributed by atoms with Crippen LogP contribution in [0.5, 0.6) is 0 Å². The Morgan fingerprint density at radius 1 is 0.905 bits per heavy atom. The predicted molar refractivity (Wildman–Crippen MR) is 62.4 cm³/mol. The van der Waals surface area contributed by atoms with E-state index in [2.05, 4.69) is 4.74 Å². The summed E-state index contributed by atoms with van der Waals surface area (Å²) in [7, 11) is 0. The summed E-state index contributed by atoms with van der Waals surface area (Å²) in [5.74, 6) is -2.50. The zero-order chi connectivity index (χ0) is 16.2. The molecule has 9 heteroatoms. The van der Waals surface area contributed by atoms with Crippen molar-refractivity contribution < 1.29 is 42.1 Å². The third-order valence-corrected chi connectivity index (χ3v) is 2.64. The van der Waals surface area contributed by atoms with Crippen LogP contribution in [-0.4, -0.2) is 55.4 Å². The van der Waals surface area contributed by atoms with Gasteiger partial charge in [-0.15, -0.1) is 0 Å². The molecule has 1 heterocycles. The minimum atomic E-state index is -2.22. The summed E-state index contributed by atoms with van der Waals surface area (Å²) in [6.07, 6.45) is -8.27. The molecule has 21 heavy (non-hydrogen) atoms. The predicted octanol–water partition coefficient (Wildman–Crippen LogP) is 0.445. The van der Waals surface area contributed by atoms with Crippen LogP contribution in [-0.2, 0) is 33.3 Å². The van der Waals surface area contributed by atoms with Crippen LogP contribution < -0.4 is 0 Å². The molecule has 0 spiro atoms. The van der Waals surface area contributed by atoms with E-state index < -0.39 is 55.4 Å². The molecule has 1 aliphatic heterocycles. The van der Waals surface area contributed by atoms with Crippen molar-refractivity contribution in [1.82, 2.24) is 0 Å². The molecule has 0 bridgehead atoms. The molecule has 0 aliphatic carbocycles. The first-order valence-corrected chi connectivity index (χ1v) is 6.13. The normalized spacial score (nSPS) is 32.1. The van der Waals surface area contributed by atoms with Gasteiger partial charge in [0.05, 0.1) is 0 Å². The van der Waals surface area contributed by atoms with Gasteiger partial charge in [0.15, 0.2) is 18.3 Å². The van der Waals surface area contributed by atoms with Crippen LogP contribution in [0.3, 0.4) is 0 Å². The van der Waals surface area contributed by atoms with Gasteiger partial charge in [0.2, 0.25) is 6.36 Å². The number of rotatable bonds is 4. The standard InChI is InChI=1S/C12H16F2O7/c1-5(15)18-9-8(4-13)21-12(14)11(20-7(3)17)10(9)19-6(2)16/h8-12H,4H2,1-3H3/t8-,9-,10+,11-,12?/m1/s1. The van der Waals surface area contributed by atoms with E-state index in [1.54, 1.807) is 0 Å². The lowest BCUT2D eigenvalue weighted by molar-refractivity contribution is -0.273. The van der Waals surface area contributed by atoms with Crippen molar-refractivity contribution >= 4 is 17.9 Å². The molecule has 1 saturated heterocycles. The van der Waals surface area contributed by atoms with Crippen LogP contribution in [0.4, 0.5) is 8.78 Å². The zero-order valence-electron chi connectivity index (χ0n) is 11.7. The number of alkyl halides is 2. The largest absolute Gasteiger partial charge is 0.456 e. The molecule has 1 fully saturated rings. The van der Waals surface area contributed by atoms with Gasteiger partial charge in [-0.05, 0) is 0 Å². The van der Waals surface area contributed by atoms with E-state index in [9.17, 15) is 23.2 Å². The molecule has 120 valence electrons. The van der Waals surface area contributed by atoms with Gasteiger partial charge >= 0.3 is 17.9 Å². The second-order valence-corrected chi connectivity index (χ2v) is 4.40. The fourth-order valence-corrected chi connectivity index (χ4v) is 1.97. The van der Waals surface area contributed by atoms with Crippen LogP contribution >= 0.6 is 0 Å². The monoisotopic (exact) mass is 310 g/mol. The Morgan fingerprint density at radius 3 is 1.76 bits per heavy atom. The number of hydrogen-bond acceptors (Lipinski definition) is 7. The van der Waals surface area contributed by atoms with Gasteiger partial charge in [-0.3, -0.25) is 14.4 Å². The fraction of sp³-hybridized carbons (Fsp3) is 0.750. The molecule has 0 N–H and O–H groups in total. The zero-order valence-corrected chi connectivity index (χ0v) is 11.7. The number of carbonyl (C=O) groups is 3. The summed E-state index contributed by atoms with van der Waals surface area (Å²) in [5.41, 5.74) is 0. The second kappa shape index (κ2) is 7.30. The van der Waals surface area contributed by atoms with Crippen LogP contribution in [0.2, 0.25) is 0 Å². The lowest BCUT2D eigenvalue weighted by Gasteiger charge is -2.41. The third kappa shape index (κ3) is 4.62. The Kier molecular flexibility index (Phi) is 6.01. The highest BCUT2D eigenvalue weighted by molar-refractivity contribution is 5.68. The number of esters is 3. The van der Waals surface area contributed by atoms with Crippen LogP contribution in [0, 0.1) is 0 Å². The lowest BCUT2D eigenvalue weighted by atomic mass is 9.99. The average Bonchev–Trinajstić information content (AvgIpc) is 2.35. The van der Waals surface area contributed by atoms with Crippen molar-refractivity contribution in [1.29, 1.82) is 0 Å². The molecule has 1 rings (SSSR count). The molecule has 0 saturated carbocycles. The Bertz CT molecular complexity index is 414. The molecule has 5 atom stereocenters. The van der Waals surface area contributed by atoms with E-state index in [-0.39, 0.29) is 0 Å². The SMILES string of the molecule is CC(=O)O[C@H]1[C@H](OC(C)=O)[C@@H](OC(C)=O)C(F)O[C@@H]1CF. The minimum Gasteiger partial charge on any atom is -0.456 e. The molecule has 0 aromatic heterocycles. The van der Waals surface area contributed by atoms with E-state index in [4.69, 9.17) is 14.2 Å². The summed E-state index contributed by atoms with van der Waals surface area (Å²) in [5, 5.41) is 0. The first-order valence-electron chi connectivity index (χ1n) is 6.13. The molecule has 0 amide bonds. The lowest BCUT2D eigenvalue weighted by Crippen LogP contribution is -2.60. The second-order valence-electron chi connectivity index (χ2n) is 4.40. The summed E-state index contributed by atoms with van der Waals surface area (Å²) in [6, 6.07) is 0. The van der Waals surface area contributed by atoms with E-state index >= 15 is 0 Å². The van der Waals surface area contributed by atoms with Gasteiger partial charge in [0, 0.05) is 20.8 Å². The van der Waals surface area contributed by atoms with Gasteiger partial charge in [-0.1, -0.05) is 0 Å². The Labute approximate surface area is 119 Å². The van der Waals surface area contributed by atoms with E-state index in [1.165, 1.54) is 0 Å². The summed E-state index contributed by atoms with van der Waals surface area (Å²) >= 11 is 0. The van der Waals surface area contributed by atoms with Gasteiger partial charge in [-0.2, -0.15) is 0 Å². The Balaban J connectivity index is 3.08. The van der Waals surface area contributed by atoms with Gasteiger partial charge in [0.25, 0.3) is 0 Å². The average molecular weight is 310 g/mol. The Hall–Kier alpha value is -1.77. The highest BCUT2D eigenvalue weighted by Gasteiger charge is 2.52. The topological polar surface area (TPSA) is 88.1 Å². The van der Waals surface area contributed by atoms with Gasteiger partial charge in [0.1, 0.15) is 12.8 Å². The van der Waals surface area contributed by atoms with Crippen molar-refractivity contribution in [3.63, 3.8) is 0 Å². The molecule has 0 aromatic rings. The van der Waals surface area contributed by atoms with Crippen LogP contribution in [0.1, 0.15) is 20.8 Å². The van der Waals surface area contributed by atoms with E-state index in [1.807, 2.05) is 0 Å². The van der Waals surface area contributed by atoms with Crippen molar-refractivity contribution in [2.75, 3.05) is 6.67 Å². The molecule has 0 aromatic carbocycles. The summed E-state index contributed by atoms with van der Waals surface area (Å²) < 4.78 is 45.8. The van der Waals surface area contributed by atoms with E-state index in [0.29, 0.717) is 0 Å². The summed E-state index contributed by atoms with van der Waals surface area (Å²) in [4.78, 5) is 33.2. The maximum atomic E-state index is 13.9. The maximum absolute atomic E-state index is 13.9. The summed E-state index contributed by atoms with van der Waals surface area (Å²) in [6.45, 7) is 1.91. The maximum Gasteiger partial charge on any atom is 0.303 e. The molecular weight excluding hydrogens is 294 g/mol. The molecule has 0 radical (unpaired) electrons. The number of ether oxygens (including phenoxy) is 4. The Morgan fingerprint density at radius 2 is 1.33 bits per heavy atom. The van der Waals surface area contributed by atoms with Gasteiger partial charge in [-0.25, -0.2) is 8.78 Å². The van der Waals surface area contributed by atoms with Crippen LogP contribution in [0.15, 0.2) is 0 Å². The van der Waals surface area contributed by atoms with E-state index in [0.717, 1.165) is 20.8 Å². The van der Waals surface area contributed by atoms with Crippen LogP contribution in [0.25, 0.3) is 0 Å². The molecule has 7 nitrogen and oxygen atoms in total. The first kappa shape index (κ1) is 17.3. The van der Waals surface area contributed by atoms with Crippen molar-refractivity contribution in [3.05, 3.63) is 0 Å². The molecule has 1 aliphatic rings. The molecular formula is C12H16F2O7. The fourth-order valence-electron chi connectivity index (χ4n) is 1.97. The van der Waals surface area contributed by atoms with Crippen molar-refractivity contribution in [3.8, 4) is 0 Å². The number of halogens is 2. The quantitative estimate of drug-likeness (QED) is 0.550. The van der Waals surface area contributed by atoms with Crippen molar-refractivity contribution in [2.24, 2.45) is 0 Å². The van der Waals surface area contributed by atoms with Gasteiger partial charge < -0.3 is 18.9 Å². The van der Waals surface area contributed by atoms with Crippen molar-refractivity contribution in [2.45, 2.75) is 51.5 Å². The smallest absolute Gasteiger partial charge is 0.303 e. The number of carbonyl (C=O) groups excluding carboxylic acids is 3. The number of hydrogen-bond donors (Lipinski definition) is 0.